The Bertz CT molecular complexity index is 1080. The summed E-state index contributed by atoms with van der Waals surface area (Å²) in [5, 5.41) is 23.2. The molecule has 140 valence electrons. The summed E-state index contributed by atoms with van der Waals surface area (Å²) in [4.78, 5) is 37.2. The number of carbonyl (C=O) groups excluding carboxylic acids is 1. The monoisotopic (exact) mass is 388 g/mol. The molecule has 0 aliphatic carbocycles. The number of H-pyrrole nitrogens is 1. The lowest BCUT2D eigenvalue weighted by atomic mass is 9.93. The van der Waals surface area contributed by atoms with E-state index in [0.717, 1.165) is 11.8 Å². The van der Waals surface area contributed by atoms with Crippen LogP contribution in [0.4, 0.5) is 5.69 Å². The van der Waals surface area contributed by atoms with Crippen molar-refractivity contribution in [2.45, 2.75) is 31.3 Å². The minimum Gasteiger partial charge on any atom is -0.293 e. The fourth-order valence-electron chi connectivity index (χ4n) is 2.30. The van der Waals surface area contributed by atoms with E-state index in [-0.39, 0.29) is 28.6 Å². The number of benzene rings is 1. The van der Waals surface area contributed by atoms with E-state index < -0.39 is 10.3 Å². The van der Waals surface area contributed by atoms with E-state index in [1.165, 1.54) is 28.8 Å². The molecule has 0 atom stereocenters. The summed E-state index contributed by atoms with van der Waals surface area (Å²) in [6, 6.07) is 5.39. The van der Waals surface area contributed by atoms with Crippen molar-refractivity contribution in [2.24, 2.45) is 0 Å². The topological polar surface area (TPSA) is 136 Å². The van der Waals surface area contributed by atoms with Crippen molar-refractivity contribution < 1.29 is 9.72 Å². The number of rotatable bonds is 5. The van der Waals surface area contributed by atoms with Gasteiger partial charge in [0.05, 0.1) is 10.7 Å². The van der Waals surface area contributed by atoms with Crippen LogP contribution in [0.1, 0.15) is 36.8 Å². The minimum absolute atomic E-state index is 0.0459. The number of ketones is 1. The van der Waals surface area contributed by atoms with Crippen molar-refractivity contribution in [2.75, 3.05) is 5.75 Å². The van der Waals surface area contributed by atoms with E-state index >= 15 is 0 Å². The summed E-state index contributed by atoms with van der Waals surface area (Å²) < 4.78 is 1.40. The fraction of sp³-hybridized carbons (Fsp3) is 0.312. The first-order valence-corrected chi connectivity index (χ1v) is 8.92. The van der Waals surface area contributed by atoms with Crippen molar-refractivity contribution in [1.29, 1.82) is 0 Å². The third-order valence-electron chi connectivity index (χ3n) is 3.70. The van der Waals surface area contributed by atoms with Crippen LogP contribution in [0, 0.1) is 10.1 Å². The van der Waals surface area contributed by atoms with Crippen molar-refractivity contribution >= 4 is 29.0 Å². The minimum atomic E-state index is -0.523. The average Bonchev–Trinajstić information content (AvgIpc) is 3.00. The molecule has 0 aliphatic heterocycles. The molecule has 0 aliphatic rings. The molecule has 1 aromatic carbocycles. The number of fused-ring (bicyclic) bond motifs is 1. The largest absolute Gasteiger partial charge is 0.293 e. The van der Waals surface area contributed by atoms with Gasteiger partial charge in [0.1, 0.15) is 5.69 Å². The smallest absolute Gasteiger partial charge is 0.274 e. The van der Waals surface area contributed by atoms with Crippen molar-refractivity contribution in [1.82, 2.24) is 24.8 Å². The zero-order chi connectivity index (χ0) is 19.8. The molecule has 0 saturated carbocycles. The first-order chi connectivity index (χ1) is 12.7. The molecule has 0 saturated heterocycles. The number of nitro benzene ring substituents is 1. The molecule has 10 nitrogen and oxygen atoms in total. The molecule has 27 heavy (non-hydrogen) atoms. The Morgan fingerprint density at radius 3 is 2.52 bits per heavy atom. The maximum Gasteiger partial charge on any atom is 0.274 e. The molecule has 0 spiro atoms. The third kappa shape index (κ3) is 3.87. The predicted molar refractivity (Wildman–Crippen MR) is 98.3 cm³/mol. The Labute approximate surface area is 157 Å². The zero-order valence-corrected chi connectivity index (χ0v) is 15.6. The highest BCUT2D eigenvalue weighted by Crippen LogP contribution is 2.20. The Balaban J connectivity index is 1.81. The van der Waals surface area contributed by atoms with Gasteiger partial charge in [0.2, 0.25) is 5.16 Å². The molecule has 0 bridgehead atoms. The maximum atomic E-state index is 12.3. The van der Waals surface area contributed by atoms with Gasteiger partial charge in [-0.05, 0) is 12.1 Å². The number of nitrogens with one attached hydrogen (secondary N) is 1. The number of aromatic amines is 1. The van der Waals surface area contributed by atoms with Crippen LogP contribution in [0.5, 0.6) is 0 Å². The van der Waals surface area contributed by atoms with Gasteiger partial charge in [-0.25, -0.2) is 0 Å². The lowest BCUT2D eigenvalue weighted by Crippen LogP contribution is -2.28. The van der Waals surface area contributed by atoms with E-state index in [4.69, 9.17) is 0 Å². The van der Waals surface area contributed by atoms with Gasteiger partial charge in [0.15, 0.2) is 5.78 Å². The molecule has 11 heteroatoms. The van der Waals surface area contributed by atoms with Gasteiger partial charge in [-0.2, -0.15) is 9.61 Å². The number of nitrogens with zero attached hydrogens (tertiary/aromatic N) is 5. The quantitative estimate of drug-likeness (QED) is 0.303. The first kappa shape index (κ1) is 18.7. The Morgan fingerprint density at radius 1 is 1.26 bits per heavy atom. The van der Waals surface area contributed by atoms with Gasteiger partial charge in [0, 0.05) is 23.1 Å². The average molecular weight is 388 g/mol. The van der Waals surface area contributed by atoms with E-state index in [1.807, 2.05) is 20.8 Å². The highest BCUT2D eigenvalue weighted by molar-refractivity contribution is 7.99. The van der Waals surface area contributed by atoms with Crippen LogP contribution >= 0.6 is 11.8 Å². The second kappa shape index (κ2) is 6.91. The Kier molecular flexibility index (Phi) is 4.79. The van der Waals surface area contributed by atoms with Gasteiger partial charge >= 0.3 is 0 Å². The van der Waals surface area contributed by atoms with Crippen LogP contribution in [0.3, 0.4) is 0 Å². The molecule has 3 rings (SSSR count). The molecular weight excluding hydrogens is 372 g/mol. The number of thioether (sulfide) groups is 1. The van der Waals surface area contributed by atoms with Gasteiger partial charge in [-0.3, -0.25) is 24.7 Å². The summed E-state index contributed by atoms with van der Waals surface area (Å²) in [5.41, 5.74) is -0.189. The number of hydrogen-bond donors (Lipinski definition) is 1. The SMILES string of the molecule is CC(C)(C)c1nn2c(SCC(=O)c3ccc([N+](=O)[O-])cc3)nnc2[nH]c1=O. The molecule has 0 radical (unpaired) electrons. The van der Waals surface area contributed by atoms with Crippen molar-refractivity contribution in [3.05, 3.63) is 56.0 Å². The van der Waals surface area contributed by atoms with Gasteiger partial charge in [-0.15, -0.1) is 10.2 Å². The van der Waals surface area contributed by atoms with Crippen molar-refractivity contribution in [3.63, 3.8) is 0 Å². The van der Waals surface area contributed by atoms with Crippen LogP contribution in [0.2, 0.25) is 0 Å². The summed E-state index contributed by atoms with van der Waals surface area (Å²) in [6.45, 7) is 5.60. The van der Waals surface area contributed by atoms with Gasteiger partial charge in [-0.1, -0.05) is 32.5 Å². The lowest BCUT2D eigenvalue weighted by Gasteiger charge is -2.15. The first-order valence-electron chi connectivity index (χ1n) is 7.93. The van der Waals surface area contributed by atoms with Crippen LogP contribution in [-0.4, -0.2) is 41.3 Å². The summed E-state index contributed by atoms with van der Waals surface area (Å²) in [5.74, 6) is 0.0231. The normalized spacial score (nSPS) is 11.7. The number of non-ortho nitro benzene ring substituents is 1. The van der Waals surface area contributed by atoms with Gasteiger partial charge in [0.25, 0.3) is 17.0 Å². The predicted octanol–water partition coefficient (Wildman–Crippen LogP) is 1.99. The maximum absolute atomic E-state index is 12.3. The van der Waals surface area contributed by atoms with Crippen LogP contribution in [0.25, 0.3) is 5.78 Å². The zero-order valence-electron chi connectivity index (χ0n) is 14.8. The van der Waals surface area contributed by atoms with Crippen molar-refractivity contribution in [3.8, 4) is 0 Å². The summed E-state index contributed by atoms with van der Waals surface area (Å²) >= 11 is 1.12. The highest BCUT2D eigenvalue weighted by atomic mass is 32.2. The van der Waals surface area contributed by atoms with E-state index in [0.29, 0.717) is 16.4 Å². The number of nitro groups is 1. The number of aromatic nitrogens is 5. The summed E-state index contributed by atoms with van der Waals surface area (Å²) in [6.07, 6.45) is 0. The molecule has 3 aromatic rings. The second-order valence-electron chi connectivity index (χ2n) is 6.79. The summed E-state index contributed by atoms with van der Waals surface area (Å²) in [7, 11) is 0. The van der Waals surface area contributed by atoms with E-state index in [9.17, 15) is 19.7 Å². The van der Waals surface area contributed by atoms with E-state index in [1.54, 1.807) is 0 Å². The van der Waals surface area contributed by atoms with E-state index in [2.05, 4.69) is 20.3 Å². The Morgan fingerprint density at radius 2 is 1.93 bits per heavy atom. The molecule has 2 heterocycles. The molecule has 0 amide bonds. The molecular formula is C16H16N6O4S. The number of carbonyl (C=O) groups is 1. The molecule has 0 unspecified atom stereocenters. The third-order valence-corrected chi connectivity index (χ3v) is 4.61. The standard InChI is InChI=1S/C16H16N6O4S/c1-16(2,3)12-13(24)17-14-18-19-15(21(14)20-12)27-8-11(23)9-4-6-10(7-5-9)22(25)26/h4-7H,8H2,1-3H3,(H,17,18,24). The molecule has 2 aromatic heterocycles. The van der Waals surface area contributed by atoms with Crippen LogP contribution in [0.15, 0.2) is 34.2 Å². The Hall–Kier alpha value is -3.08. The lowest BCUT2D eigenvalue weighted by molar-refractivity contribution is -0.384. The highest BCUT2D eigenvalue weighted by Gasteiger charge is 2.22. The number of Topliss-reactive ketones (excluding diaryl/α,β-unsaturated/α-hetero) is 1. The second-order valence-corrected chi connectivity index (χ2v) is 7.73. The van der Waals surface area contributed by atoms with Crippen LogP contribution in [-0.2, 0) is 5.41 Å². The van der Waals surface area contributed by atoms with Crippen LogP contribution < -0.4 is 5.56 Å². The number of hydrogen-bond acceptors (Lipinski definition) is 8. The van der Waals surface area contributed by atoms with Gasteiger partial charge < -0.3 is 0 Å². The fourth-order valence-corrected chi connectivity index (χ4v) is 3.08. The molecule has 1 N–H and O–H groups in total. The molecule has 0 fully saturated rings.